The fourth-order valence-electron chi connectivity index (χ4n) is 2.37. The zero-order chi connectivity index (χ0) is 13.9. The zero-order valence-corrected chi connectivity index (χ0v) is 11.7. The molecule has 2 heteroatoms. The van der Waals surface area contributed by atoms with Crippen molar-refractivity contribution in [3.8, 4) is 22.5 Å². The maximum absolute atomic E-state index is 4.53. The van der Waals surface area contributed by atoms with Crippen LogP contribution in [-0.2, 0) is 7.05 Å². The van der Waals surface area contributed by atoms with E-state index >= 15 is 0 Å². The first kappa shape index (κ1) is 12.5. The van der Waals surface area contributed by atoms with Crippen molar-refractivity contribution in [1.82, 2.24) is 4.98 Å². The molecule has 98 valence electrons. The predicted molar refractivity (Wildman–Crippen MR) is 81.0 cm³/mol. The number of hydrogen-bond donors (Lipinski definition) is 0. The largest absolute Gasteiger partial charge is 0.287 e. The first-order chi connectivity index (χ1) is 9.75. The summed E-state index contributed by atoms with van der Waals surface area (Å²) in [5.74, 6) is 0. The molecular weight excluding hydrogens is 244 g/mol. The lowest BCUT2D eigenvalue weighted by molar-refractivity contribution is -0.663. The molecule has 0 saturated heterocycles. The quantitative estimate of drug-likeness (QED) is 0.645. The van der Waals surface area contributed by atoms with Crippen molar-refractivity contribution in [2.75, 3.05) is 0 Å². The van der Waals surface area contributed by atoms with E-state index in [1.807, 2.05) is 31.6 Å². The van der Waals surface area contributed by atoms with Gasteiger partial charge < -0.3 is 0 Å². The van der Waals surface area contributed by atoms with Gasteiger partial charge in [0.25, 0.3) is 6.33 Å². The van der Waals surface area contributed by atoms with Crippen LogP contribution in [0.15, 0.2) is 67.0 Å². The van der Waals surface area contributed by atoms with E-state index in [0.717, 1.165) is 11.3 Å². The highest BCUT2D eigenvalue weighted by molar-refractivity contribution is 5.67. The summed E-state index contributed by atoms with van der Waals surface area (Å²) in [6, 6.07) is 20.9. The molecule has 0 saturated carbocycles. The fraction of sp³-hybridized carbons (Fsp3) is 0.111. The summed E-state index contributed by atoms with van der Waals surface area (Å²) in [6.45, 7) is 2.14. The highest BCUT2D eigenvalue weighted by Crippen LogP contribution is 2.23. The van der Waals surface area contributed by atoms with Gasteiger partial charge in [0.05, 0.1) is 7.05 Å². The molecular formula is C18H17N2+. The van der Waals surface area contributed by atoms with Crippen LogP contribution in [0.4, 0.5) is 0 Å². The SMILES string of the molecule is Cc1ccccc1-c1cc(-c2ccccc2)nc[n+]1C. The van der Waals surface area contributed by atoms with Crippen LogP contribution in [-0.4, -0.2) is 4.98 Å². The van der Waals surface area contributed by atoms with Gasteiger partial charge in [0.2, 0.25) is 0 Å². The lowest BCUT2D eigenvalue weighted by Gasteiger charge is -2.06. The summed E-state index contributed by atoms with van der Waals surface area (Å²) in [7, 11) is 2.03. The summed E-state index contributed by atoms with van der Waals surface area (Å²) in [6.07, 6.45) is 1.88. The van der Waals surface area contributed by atoms with Crippen molar-refractivity contribution in [3.05, 3.63) is 72.6 Å². The van der Waals surface area contributed by atoms with Crippen LogP contribution in [0.25, 0.3) is 22.5 Å². The molecule has 3 aromatic rings. The minimum Gasteiger partial charge on any atom is -0.232 e. The third-order valence-corrected chi connectivity index (χ3v) is 3.51. The van der Waals surface area contributed by atoms with Gasteiger partial charge in [-0.1, -0.05) is 54.6 Å². The highest BCUT2D eigenvalue weighted by Gasteiger charge is 2.13. The lowest BCUT2D eigenvalue weighted by atomic mass is 10.0. The molecule has 1 aromatic heterocycles. The molecule has 0 fully saturated rings. The maximum Gasteiger partial charge on any atom is 0.287 e. The van der Waals surface area contributed by atoms with E-state index in [1.54, 1.807) is 0 Å². The number of aromatic nitrogens is 2. The average molecular weight is 261 g/mol. The van der Waals surface area contributed by atoms with Gasteiger partial charge in [0.1, 0.15) is 5.69 Å². The Labute approximate surface area is 119 Å². The van der Waals surface area contributed by atoms with E-state index < -0.39 is 0 Å². The molecule has 2 nitrogen and oxygen atoms in total. The summed E-state index contributed by atoms with van der Waals surface area (Å²) < 4.78 is 2.06. The van der Waals surface area contributed by atoms with Crippen LogP contribution in [0, 0.1) is 6.92 Å². The van der Waals surface area contributed by atoms with Gasteiger partial charge in [-0.2, -0.15) is 0 Å². The van der Waals surface area contributed by atoms with Crippen molar-refractivity contribution in [3.63, 3.8) is 0 Å². The van der Waals surface area contributed by atoms with E-state index in [-0.39, 0.29) is 0 Å². The monoisotopic (exact) mass is 261 g/mol. The Morgan fingerprint density at radius 3 is 2.35 bits per heavy atom. The molecule has 0 aliphatic rings. The first-order valence-electron chi connectivity index (χ1n) is 6.73. The molecule has 20 heavy (non-hydrogen) atoms. The normalized spacial score (nSPS) is 10.5. The minimum atomic E-state index is 1.00. The lowest BCUT2D eigenvalue weighted by Crippen LogP contribution is -2.31. The van der Waals surface area contributed by atoms with Crippen molar-refractivity contribution < 1.29 is 4.57 Å². The van der Waals surface area contributed by atoms with Gasteiger partial charge in [-0.25, -0.2) is 4.57 Å². The van der Waals surface area contributed by atoms with Gasteiger partial charge in [0.15, 0.2) is 5.69 Å². The Kier molecular flexibility index (Phi) is 3.30. The molecule has 0 radical (unpaired) electrons. The molecule has 2 aromatic carbocycles. The Bertz CT molecular complexity index is 733. The van der Waals surface area contributed by atoms with Gasteiger partial charge in [0, 0.05) is 17.2 Å². The number of nitrogens with zero attached hydrogens (tertiary/aromatic N) is 2. The molecule has 0 N–H and O–H groups in total. The predicted octanol–water partition coefficient (Wildman–Crippen LogP) is 3.55. The third-order valence-electron chi connectivity index (χ3n) is 3.51. The van der Waals surface area contributed by atoms with Crippen LogP contribution in [0.3, 0.4) is 0 Å². The van der Waals surface area contributed by atoms with E-state index in [9.17, 15) is 0 Å². The third kappa shape index (κ3) is 2.32. The number of hydrogen-bond acceptors (Lipinski definition) is 1. The van der Waals surface area contributed by atoms with Crippen LogP contribution >= 0.6 is 0 Å². The second-order valence-electron chi connectivity index (χ2n) is 4.95. The number of aryl methyl sites for hydroxylation is 2. The van der Waals surface area contributed by atoms with Gasteiger partial charge in [-0.05, 0) is 17.5 Å². The standard InChI is InChI=1S/C18H17N2/c1-14-8-6-7-11-16(14)18-12-17(19-13-20(18)2)15-9-4-3-5-10-15/h3-13H,1-2H3/q+1. The second kappa shape index (κ2) is 5.25. The van der Waals surface area contributed by atoms with Gasteiger partial charge >= 0.3 is 0 Å². The Morgan fingerprint density at radius 2 is 1.60 bits per heavy atom. The molecule has 0 amide bonds. The molecule has 0 aliphatic carbocycles. The first-order valence-corrected chi connectivity index (χ1v) is 6.73. The van der Waals surface area contributed by atoms with E-state index in [1.165, 1.54) is 16.8 Å². The topological polar surface area (TPSA) is 16.8 Å². The van der Waals surface area contributed by atoms with Crippen LogP contribution in [0.2, 0.25) is 0 Å². The number of benzene rings is 2. The maximum atomic E-state index is 4.53. The Morgan fingerprint density at radius 1 is 0.900 bits per heavy atom. The van der Waals surface area contributed by atoms with Gasteiger partial charge in [-0.15, -0.1) is 0 Å². The Balaban J connectivity index is 2.15. The molecule has 1 heterocycles. The zero-order valence-electron chi connectivity index (χ0n) is 11.7. The van der Waals surface area contributed by atoms with E-state index in [2.05, 4.69) is 58.9 Å². The summed E-state index contributed by atoms with van der Waals surface area (Å²) in [5, 5.41) is 0. The van der Waals surface area contributed by atoms with Crippen molar-refractivity contribution in [2.45, 2.75) is 6.92 Å². The van der Waals surface area contributed by atoms with Crippen molar-refractivity contribution in [2.24, 2.45) is 7.05 Å². The van der Waals surface area contributed by atoms with Crippen LogP contribution in [0.1, 0.15) is 5.56 Å². The molecule has 0 bridgehead atoms. The average Bonchev–Trinajstić information content (AvgIpc) is 2.49. The van der Waals surface area contributed by atoms with E-state index in [4.69, 9.17) is 0 Å². The van der Waals surface area contributed by atoms with Crippen LogP contribution < -0.4 is 4.57 Å². The molecule has 0 spiro atoms. The molecule has 0 aliphatic heterocycles. The molecule has 0 atom stereocenters. The minimum absolute atomic E-state index is 1.00. The van der Waals surface area contributed by atoms with Crippen molar-refractivity contribution in [1.29, 1.82) is 0 Å². The summed E-state index contributed by atoms with van der Waals surface area (Å²) >= 11 is 0. The summed E-state index contributed by atoms with van der Waals surface area (Å²) in [4.78, 5) is 4.53. The molecule has 3 rings (SSSR count). The van der Waals surface area contributed by atoms with Gasteiger partial charge in [-0.3, -0.25) is 0 Å². The van der Waals surface area contributed by atoms with E-state index in [0.29, 0.717) is 0 Å². The fourth-order valence-corrected chi connectivity index (χ4v) is 2.37. The Hall–Kier alpha value is -2.48. The highest BCUT2D eigenvalue weighted by atomic mass is 15.0. The van der Waals surface area contributed by atoms with Crippen LogP contribution in [0.5, 0.6) is 0 Å². The van der Waals surface area contributed by atoms with Crippen molar-refractivity contribution >= 4 is 0 Å². The second-order valence-corrected chi connectivity index (χ2v) is 4.95. The number of rotatable bonds is 2. The summed E-state index contributed by atoms with van der Waals surface area (Å²) in [5.41, 5.74) is 5.84. The molecule has 0 unspecified atom stereocenters. The smallest absolute Gasteiger partial charge is 0.232 e.